The molecule has 0 aliphatic heterocycles. The molecule has 0 saturated heterocycles. The third-order valence-corrected chi connectivity index (χ3v) is 3.45. The lowest BCUT2D eigenvalue weighted by Crippen LogP contribution is -1.80. The second-order valence-corrected chi connectivity index (χ2v) is 5.15. The van der Waals surface area contributed by atoms with Gasteiger partial charge in [-0.25, -0.2) is 0 Å². The van der Waals surface area contributed by atoms with Gasteiger partial charge in [0, 0.05) is 11.8 Å². The van der Waals surface area contributed by atoms with Gasteiger partial charge in [-0.3, -0.25) is 4.99 Å². The second-order valence-electron chi connectivity index (χ2n) is 5.15. The first kappa shape index (κ1) is 14.8. The molecule has 0 fully saturated rings. The summed E-state index contributed by atoms with van der Waals surface area (Å²) >= 11 is 0. The highest BCUT2D eigenvalue weighted by Gasteiger charge is 1.95. The third kappa shape index (κ3) is 4.17. The largest absolute Gasteiger partial charge is 0.507 e. The molecule has 0 aromatic heterocycles. The Morgan fingerprint density at radius 2 is 1.26 bits per heavy atom. The first-order valence-electron chi connectivity index (χ1n) is 7.46. The van der Waals surface area contributed by atoms with Crippen LogP contribution in [-0.4, -0.2) is 11.3 Å². The van der Waals surface area contributed by atoms with Crippen molar-refractivity contribution in [2.24, 2.45) is 4.99 Å². The minimum atomic E-state index is 0.235. The molecule has 3 aromatic carbocycles. The molecule has 1 N–H and O–H groups in total. The van der Waals surface area contributed by atoms with Crippen molar-refractivity contribution in [2.45, 2.75) is 0 Å². The average Bonchev–Trinajstić information content (AvgIpc) is 2.61. The summed E-state index contributed by atoms with van der Waals surface area (Å²) in [6.07, 6.45) is 5.83. The Labute approximate surface area is 136 Å². The Morgan fingerprint density at radius 1 is 0.652 bits per heavy atom. The zero-order valence-electron chi connectivity index (χ0n) is 12.6. The lowest BCUT2D eigenvalue weighted by molar-refractivity contribution is 0.474. The fourth-order valence-electron chi connectivity index (χ4n) is 2.17. The van der Waals surface area contributed by atoms with Crippen LogP contribution in [0, 0.1) is 0 Å². The van der Waals surface area contributed by atoms with Gasteiger partial charge in [-0.05, 0) is 35.4 Å². The summed E-state index contributed by atoms with van der Waals surface area (Å²) in [7, 11) is 0. The van der Waals surface area contributed by atoms with Crippen molar-refractivity contribution in [3.05, 3.63) is 95.6 Å². The van der Waals surface area contributed by atoms with E-state index < -0.39 is 0 Å². The number of nitrogens with zero attached hydrogens (tertiary/aromatic N) is 1. The maximum absolute atomic E-state index is 9.71. The lowest BCUT2D eigenvalue weighted by Gasteiger charge is -1.98. The number of aliphatic imine (C=N–C) groups is 1. The third-order valence-electron chi connectivity index (χ3n) is 3.45. The summed E-state index contributed by atoms with van der Waals surface area (Å²) < 4.78 is 0. The molecular weight excluding hydrogens is 282 g/mol. The van der Waals surface area contributed by atoms with Crippen LogP contribution < -0.4 is 0 Å². The van der Waals surface area contributed by atoms with Gasteiger partial charge < -0.3 is 5.11 Å². The van der Waals surface area contributed by atoms with Crippen molar-refractivity contribution in [2.75, 3.05) is 0 Å². The molecule has 0 spiro atoms. The van der Waals surface area contributed by atoms with Crippen LogP contribution in [0.4, 0.5) is 5.69 Å². The van der Waals surface area contributed by atoms with E-state index in [1.54, 1.807) is 18.3 Å². The summed E-state index contributed by atoms with van der Waals surface area (Å²) in [5, 5.41) is 9.71. The summed E-state index contributed by atoms with van der Waals surface area (Å²) in [5.41, 5.74) is 3.86. The molecule has 0 aliphatic carbocycles. The quantitative estimate of drug-likeness (QED) is 0.513. The summed E-state index contributed by atoms with van der Waals surface area (Å²) in [5.74, 6) is 0.235. The molecule has 2 nitrogen and oxygen atoms in total. The summed E-state index contributed by atoms with van der Waals surface area (Å²) in [4.78, 5) is 4.39. The first-order valence-corrected chi connectivity index (χ1v) is 7.46. The van der Waals surface area contributed by atoms with Crippen LogP contribution in [0.25, 0.3) is 12.2 Å². The predicted molar refractivity (Wildman–Crippen MR) is 97.2 cm³/mol. The number of rotatable bonds is 4. The van der Waals surface area contributed by atoms with Crippen LogP contribution in [0.5, 0.6) is 5.75 Å². The highest BCUT2D eigenvalue weighted by molar-refractivity contribution is 5.85. The maximum atomic E-state index is 9.71. The van der Waals surface area contributed by atoms with Gasteiger partial charge in [-0.1, -0.05) is 66.7 Å². The van der Waals surface area contributed by atoms with E-state index in [9.17, 15) is 5.11 Å². The van der Waals surface area contributed by atoms with Gasteiger partial charge >= 0.3 is 0 Å². The fraction of sp³-hybridized carbons (Fsp3) is 0. The lowest BCUT2D eigenvalue weighted by atomic mass is 10.1. The summed E-state index contributed by atoms with van der Waals surface area (Å²) in [6.45, 7) is 0. The SMILES string of the molecule is Oc1ccccc1C=Nc1ccc(C=Cc2ccccc2)cc1. The van der Waals surface area contributed by atoms with Crippen molar-refractivity contribution in [1.29, 1.82) is 0 Å². The Hall–Kier alpha value is -3.13. The number of hydrogen-bond donors (Lipinski definition) is 1. The van der Waals surface area contributed by atoms with Crippen molar-refractivity contribution >= 4 is 24.1 Å². The monoisotopic (exact) mass is 299 g/mol. The average molecular weight is 299 g/mol. The van der Waals surface area contributed by atoms with E-state index in [1.165, 1.54) is 5.56 Å². The highest BCUT2D eigenvalue weighted by atomic mass is 16.3. The molecule has 3 rings (SSSR count). The molecule has 0 saturated carbocycles. The zero-order chi connectivity index (χ0) is 15.9. The van der Waals surface area contributed by atoms with E-state index >= 15 is 0 Å². The molecular formula is C21H17NO. The van der Waals surface area contributed by atoms with Gasteiger partial charge in [0.05, 0.1) is 5.69 Å². The molecule has 0 heterocycles. The van der Waals surface area contributed by atoms with E-state index in [-0.39, 0.29) is 5.75 Å². The van der Waals surface area contributed by atoms with Crippen LogP contribution in [0.3, 0.4) is 0 Å². The Morgan fingerprint density at radius 3 is 1.96 bits per heavy atom. The normalized spacial score (nSPS) is 11.3. The van der Waals surface area contributed by atoms with E-state index in [2.05, 4.69) is 29.3 Å². The smallest absolute Gasteiger partial charge is 0.124 e. The van der Waals surface area contributed by atoms with Gasteiger partial charge in [-0.15, -0.1) is 0 Å². The molecule has 0 aliphatic rings. The van der Waals surface area contributed by atoms with Crippen LogP contribution in [0.15, 0.2) is 83.9 Å². The van der Waals surface area contributed by atoms with E-state index in [0.717, 1.165) is 11.3 Å². The van der Waals surface area contributed by atoms with Gasteiger partial charge in [0.25, 0.3) is 0 Å². The molecule has 0 atom stereocenters. The van der Waals surface area contributed by atoms with Crippen molar-refractivity contribution < 1.29 is 5.11 Å². The highest BCUT2D eigenvalue weighted by Crippen LogP contribution is 2.17. The predicted octanol–water partition coefficient (Wildman–Crippen LogP) is 5.31. The zero-order valence-corrected chi connectivity index (χ0v) is 12.6. The molecule has 0 unspecified atom stereocenters. The molecule has 0 radical (unpaired) electrons. The number of benzene rings is 3. The molecule has 3 aromatic rings. The molecule has 23 heavy (non-hydrogen) atoms. The molecule has 112 valence electrons. The number of aromatic hydroxyl groups is 1. The molecule has 0 amide bonds. The number of phenols is 1. The maximum Gasteiger partial charge on any atom is 0.124 e. The summed E-state index contributed by atoms with van der Waals surface area (Å²) in [6, 6.07) is 25.3. The van der Waals surface area contributed by atoms with Crippen molar-refractivity contribution in [1.82, 2.24) is 0 Å². The Kier molecular flexibility index (Phi) is 4.65. The van der Waals surface area contributed by atoms with Gasteiger partial charge in [0.15, 0.2) is 0 Å². The fourth-order valence-corrected chi connectivity index (χ4v) is 2.17. The van der Waals surface area contributed by atoms with Crippen LogP contribution in [0.2, 0.25) is 0 Å². The van der Waals surface area contributed by atoms with E-state index in [1.807, 2.05) is 54.6 Å². The van der Waals surface area contributed by atoms with Gasteiger partial charge in [-0.2, -0.15) is 0 Å². The Bertz CT molecular complexity index is 818. The van der Waals surface area contributed by atoms with Crippen LogP contribution in [-0.2, 0) is 0 Å². The minimum absolute atomic E-state index is 0.235. The second kappa shape index (κ2) is 7.23. The first-order chi connectivity index (χ1) is 11.3. The number of phenolic OH excluding ortho intramolecular Hbond substituents is 1. The number of hydrogen-bond acceptors (Lipinski definition) is 2. The van der Waals surface area contributed by atoms with E-state index in [4.69, 9.17) is 0 Å². The topological polar surface area (TPSA) is 32.6 Å². The van der Waals surface area contributed by atoms with Crippen molar-refractivity contribution in [3.8, 4) is 5.75 Å². The van der Waals surface area contributed by atoms with Crippen molar-refractivity contribution in [3.63, 3.8) is 0 Å². The van der Waals surface area contributed by atoms with Gasteiger partial charge in [0.1, 0.15) is 5.75 Å². The Balaban J connectivity index is 1.70. The van der Waals surface area contributed by atoms with Crippen LogP contribution in [0.1, 0.15) is 16.7 Å². The van der Waals surface area contributed by atoms with E-state index in [0.29, 0.717) is 5.56 Å². The number of para-hydroxylation sites is 1. The molecule has 0 bridgehead atoms. The van der Waals surface area contributed by atoms with Gasteiger partial charge in [0.2, 0.25) is 0 Å². The van der Waals surface area contributed by atoms with Crippen LogP contribution >= 0.6 is 0 Å². The standard InChI is InChI=1S/C21H17NO/c23-21-9-5-4-8-19(21)16-22-20-14-12-18(13-15-20)11-10-17-6-2-1-3-7-17/h1-16,23H. The minimum Gasteiger partial charge on any atom is -0.507 e. The molecule has 2 heteroatoms.